The monoisotopic (exact) mass is 294 g/mol. The molecule has 0 aliphatic carbocycles. The molecule has 5 heteroatoms. The molecule has 0 saturated heterocycles. The van der Waals surface area contributed by atoms with E-state index in [-0.39, 0.29) is 11.9 Å². The van der Waals surface area contributed by atoms with Crippen LogP contribution in [0.2, 0.25) is 5.22 Å². The van der Waals surface area contributed by atoms with Crippen LogP contribution in [0.15, 0.2) is 28.7 Å². The van der Waals surface area contributed by atoms with Crippen LogP contribution in [0.3, 0.4) is 0 Å². The van der Waals surface area contributed by atoms with Crippen molar-refractivity contribution in [2.75, 3.05) is 6.54 Å². The summed E-state index contributed by atoms with van der Waals surface area (Å²) in [7, 11) is 0. The van der Waals surface area contributed by atoms with Gasteiger partial charge in [-0.3, -0.25) is 4.79 Å². The van der Waals surface area contributed by atoms with E-state index in [0.717, 1.165) is 23.0 Å². The number of carbonyl (C=O) groups excluding carboxylic acids is 1. The molecule has 0 saturated carbocycles. The molecule has 108 valence electrons. The molecule has 0 radical (unpaired) electrons. The Morgan fingerprint density at radius 1 is 1.40 bits per heavy atom. The fourth-order valence-corrected chi connectivity index (χ4v) is 2.23. The minimum atomic E-state index is -0.272. The van der Waals surface area contributed by atoms with Crippen molar-refractivity contribution in [2.24, 2.45) is 0 Å². The van der Waals surface area contributed by atoms with Crippen molar-refractivity contribution >= 4 is 28.5 Å². The van der Waals surface area contributed by atoms with Gasteiger partial charge in [0.2, 0.25) is 5.91 Å². The van der Waals surface area contributed by atoms with Gasteiger partial charge in [0.1, 0.15) is 5.58 Å². The van der Waals surface area contributed by atoms with Gasteiger partial charge in [0.25, 0.3) is 0 Å². The summed E-state index contributed by atoms with van der Waals surface area (Å²) in [6, 6.07) is 7.41. The molecular weight excluding hydrogens is 276 g/mol. The van der Waals surface area contributed by atoms with Crippen LogP contribution >= 0.6 is 11.6 Å². The van der Waals surface area contributed by atoms with Gasteiger partial charge < -0.3 is 15.1 Å². The summed E-state index contributed by atoms with van der Waals surface area (Å²) in [5.41, 5.74) is 1.65. The van der Waals surface area contributed by atoms with E-state index >= 15 is 0 Å². The van der Waals surface area contributed by atoms with Crippen molar-refractivity contribution in [3.8, 4) is 0 Å². The molecule has 1 amide bonds. The highest BCUT2D eigenvalue weighted by atomic mass is 35.5. The van der Waals surface area contributed by atoms with Crippen molar-refractivity contribution < 1.29 is 9.21 Å². The van der Waals surface area contributed by atoms with Crippen molar-refractivity contribution in [2.45, 2.75) is 32.9 Å². The summed E-state index contributed by atoms with van der Waals surface area (Å²) in [6.45, 7) is 5.05. The van der Waals surface area contributed by atoms with E-state index in [0.29, 0.717) is 18.3 Å². The SMILES string of the molecule is CCCNC(=O)C(C)NCc1c(Cl)oc2ccccc12. The predicted octanol–water partition coefficient (Wildman–Crippen LogP) is 3.09. The third-order valence-corrected chi connectivity index (χ3v) is 3.48. The molecule has 1 atom stereocenters. The largest absolute Gasteiger partial charge is 0.444 e. The van der Waals surface area contributed by atoms with Gasteiger partial charge in [0.05, 0.1) is 6.04 Å². The van der Waals surface area contributed by atoms with E-state index in [9.17, 15) is 4.79 Å². The number of benzene rings is 1. The van der Waals surface area contributed by atoms with Crippen molar-refractivity contribution in [1.29, 1.82) is 0 Å². The molecule has 1 aromatic carbocycles. The maximum Gasteiger partial charge on any atom is 0.236 e. The smallest absolute Gasteiger partial charge is 0.236 e. The maximum atomic E-state index is 11.8. The normalized spacial score (nSPS) is 12.6. The summed E-state index contributed by atoms with van der Waals surface area (Å²) < 4.78 is 5.48. The highest BCUT2D eigenvalue weighted by molar-refractivity contribution is 6.30. The first-order valence-corrected chi connectivity index (χ1v) is 7.18. The summed E-state index contributed by atoms with van der Waals surface area (Å²) in [5, 5.41) is 7.38. The minimum absolute atomic E-state index is 0.00391. The van der Waals surface area contributed by atoms with Gasteiger partial charge in [-0.2, -0.15) is 0 Å². The van der Waals surface area contributed by atoms with Gasteiger partial charge in [-0.1, -0.05) is 25.1 Å². The lowest BCUT2D eigenvalue weighted by molar-refractivity contribution is -0.122. The molecule has 1 heterocycles. The van der Waals surface area contributed by atoms with E-state index in [4.69, 9.17) is 16.0 Å². The zero-order chi connectivity index (χ0) is 14.5. The van der Waals surface area contributed by atoms with Crippen LogP contribution in [0, 0.1) is 0 Å². The van der Waals surface area contributed by atoms with Gasteiger partial charge in [0, 0.05) is 24.0 Å². The summed E-state index contributed by atoms with van der Waals surface area (Å²) >= 11 is 6.11. The van der Waals surface area contributed by atoms with Crippen LogP contribution < -0.4 is 10.6 Å². The van der Waals surface area contributed by atoms with Crippen LogP contribution in [0.4, 0.5) is 0 Å². The Balaban J connectivity index is 2.02. The molecule has 2 rings (SSSR count). The molecule has 4 nitrogen and oxygen atoms in total. The summed E-state index contributed by atoms with van der Waals surface area (Å²) in [5.74, 6) is -0.00391. The fourth-order valence-electron chi connectivity index (χ4n) is 1.98. The molecule has 0 bridgehead atoms. The number of furan rings is 1. The first-order valence-electron chi connectivity index (χ1n) is 6.80. The Bertz CT molecular complexity index is 595. The van der Waals surface area contributed by atoms with Gasteiger partial charge in [-0.05, 0) is 31.0 Å². The third kappa shape index (κ3) is 3.32. The van der Waals surface area contributed by atoms with Crippen LogP contribution in [0.1, 0.15) is 25.8 Å². The number of amides is 1. The molecule has 0 aliphatic rings. The standard InChI is InChI=1S/C15H19ClN2O2/c1-3-8-17-15(19)10(2)18-9-12-11-6-4-5-7-13(11)20-14(12)16/h4-7,10,18H,3,8-9H2,1-2H3,(H,17,19). The van der Waals surface area contributed by atoms with Crippen molar-refractivity contribution in [3.05, 3.63) is 35.0 Å². The molecule has 1 unspecified atom stereocenters. The second kappa shape index (κ2) is 6.77. The number of rotatable bonds is 6. The first-order chi connectivity index (χ1) is 9.63. The van der Waals surface area contributed by atoms with E-state index in [1.165, 1.54) is 0 Å². The second-order valence-corrected chi connectivity index (χ2v) is 5.09. The number of para-hydroxylation sites is 1. The fraction of sp³-hybridized carbons (Fsp3) is 0.400. The van der Waals surface area contributed by atoms with Gasteiger partial charge >= 0.3 is 0 Å². The topological polar surface area (TPSA) is 54.3 Å². The van der Waals surface area contributed by atoms with E-state index in [2.05, 4.69) is 10.6 Å². The van der Waals surface area contributed by atoms with E-state index < -0.39 is 0 Å². The molecule has 1 aromatic heterocycles. The van der Waals surface area contributed by atoms with E-state index in [1.54, 1.807) is 0 Å². The number of carbonyl (C=O) groups is 1. The Morgan fingerprint density at radius 3 is 2.90 bits per heavy atom. The van der Waals surface area contributed by atoms with Gasteiger partial charge in [-0.15, -0.1) is 0 Å². The number of hydrogen-bond acceptors (Lipinski definition) is 3. The van der Waals surface area contributed by atoms with Crippen molar-refractivity contribution in [3.63, 3.8) is 0 Å². The highest BCUT2D eigenvalue weighted by Gasteiger charge is 2.15. The molecule has 0 fully saturated rings. The molecular formula is C15H19ClN2O2. The third-order valence-electron chi connectivity index (χ3n) is 3.18. The number of hydrogen-bond donors (Lipinski definition) is 2. The Labute approximate surface area is 123 Å². The van der Waals surface area contributed by atoms with Gasteiger partial charge in [0.15, 0.2) is 5.22 Å². The zero-order valence-electron chi connectivity index (χ0n) is 11.7. The average Bonchev–Trinajstić information content (AvgIpc) is 2.77. The molecule has 0 aliphatic heterocycles. The molecule has 2 aromatic rings. The van der Waals surface area contributed by atoms with Crippen LogP contribution in [-0.2, 0) is 11.3 Å². The van der Waals surface area contributed by atoms with Gasteiger partial charge in [-0.25, -0.2) is 0 Å². The summed E-state index contributed by atoms with van der Waals surface area (Å²) in [4.78, 5) is 11.8. The Kier molecular flexibility index (Phi) is 5.04. The van der Waals surface area contributed by atoms with Crippen LogP contribution in [0.25, 0.3) is 11.0 Å². The number of halogens is 1. The molecule has 20 heavy (non-hydrogen) atoms. The predicted molar refractivity (Wildman–Crippen MR) is 80.8 cm³/mol. The quantitative estimate of drug-likeness (QED) is 0.861. The summed E-state index contributed by atoms with van der Waals surface area (Å²) in [6.07, 6.45) is 0.927. The van der Waals surface area contributed by atoms with Crippen LogP contribution in [-0.4, -0.2) is 18.5 Å². The van der Waals surface area contributed by atoms with Crippen LogP contribution in [0.5, 0.6) is 0 Å². The molecule has 2 N–H and O–H groups in total. The highest BCUT2D eigenvalue weighted by Crippen LogP contribution is 2.29. The van der Waals surface area contributed by atoms with Crippen molar-refractivity contribution in [1.82, 2.24) is 10.6 Å². The number of nitrogens with one attached hydrogen (secondary N) is 2. The Morgan fingerprint density at radius 2 is 2.15 bits per heavy atom. The molecule has 0 spiro atoms. The van der Waals surface area contributed by atoms with E-state index in [1.807, 2.05) is 38.1 Å². The lowest BCUT2D eigenvalue weighted by Gasteiger charge is -2.13. The minimum Gasteiger partial charge on any atom is -0.444 e. The average molecular weight is 295 g/mol. The number of fused-ring (bicyclic) bond motifs is 1. The first kappa shape index (κ1) is 14.9. The Hall–Kier alpha value is -1.52. The second-order valence-electron chi connectivity index (χ2n) is 4.74. The maximum absolute atomic E-state index is 11.8. The zero-order valence-corrected chi connectivity index (χ0v) is 12.5. The lowest BCUT2D eigenvalue weighted by atomic mass is 10.1. The lowest BCUT2D eigenvalue weighted by Crippen LogP contribution is -2.42.